The third-order valence-corrected chi connectivity index (χ3v) is 16.4. The van der Waals surface area contributed by atoms with Crippen LogP contribution in [0.15, 0.2) is 158 Å². The molecule has 0 N–H and O–H groups in total. The molecule has 2 aromatic heterocycles. The van der Waals surface area contributed by atoms with Crippen LogP contribution in [0.5, 0.6) is 11.5 Å². The molecule has 354 valence electrons. The number of ether oxygens (including phenoxy) is 1. The molecule has 4 fully saturated rings. The zero-order valence-corrected chi connectivity index (χ0v) is 43.2. The number of para-hydroxylation sites is 4. The molecule has 70 heavy (non-hydrogen) atoms. The van der Waals surface area contributed by atoms with Gasteiger partial charge in [-0.3, -0.25) is 0 Å². The van der Waals surface area contributed by atoms with E-state index in [0.717, 1.165) is 51.1 Å². The summed E-state index contributed by atoms with van der Waals surface area (Å²) in [6.07, 6.45) is 8.71. The Balaban J connectivity index is 0.00000505. The second-order valence-corrected chi connectivity index (χ2v) is 22.6. The number of hydrogen-bond acceptors (Lipinski definition) is 4. The Bertz CT molecular complexity index is 3420. The molecule has 4 aliphatic carbocycles. The van der Waals surface area contributed by atoms with Crippen molar-refractivity contribution in [1.29, 1.82) is 0 Å². The van der Waals surface area contributed by atoms with Gasteiger partial charge < -0.3 is 19.1 Å². The van der Waals surface area contributed by atoms with Crippen molar-refractivity contribution in [3.05, 3.63) is 199 Å². The first-order chi connectivity index (χ1) is 33.4. The largest absolute Gasteiger partial charge is 0.509 e. The molecule has 5 aliphatic rings. The van der Waals surface area contributed by atoms with Gasteiger partial charge in [0.05, 0.1) is 0 Å². The first-order valence-corrected chi connectivity index (χ1v) is 25.2. The maximum absolute atomic E-state index is 6.80. The number of rotatable bonds is 7. The van der Waals surface area contributed by atoms with Gasteiger partial charge in [0, 0.05) is 66.8 Å². The van der Waals surface area contributed by atoms with E-state index in [1.165, 1.54) is 76.2 Å². The zero-order valence-electron chi connectivity index (χ0n) is 40.9. The fourth-order valence-electron chi connectivity index (χ4n) is 13.8. The molecule has 14 rings (SSSR count). The fraction of sp³-hybridized carbons (Fsp3) is 0.281. The summed E-state index contributed by atoms with van der Waals surface area (Å²) in [5.41, 5.74) is 11.7. The average Bonchev–Trinajstić information content (AvgIpc) is 3.89. The SMILES string of the molecule is CC(C)(C)c1cccc(C(C)(C)C)c1N1[CH-]N(c2[c-]c(Oc3[c-]c4c(cc3)c3ccccc3n4-c3cc(C4(c5cccc6ccccc56)C5CC6CC(C5)CC4C6)ccn3)ccc2)c2ccccc21.[Pt]. The van der Waals surface area contributed by atoms with E-state index in [9.17, 15) is 0 Å². The molecule has 0 saturated heterocycles. The summed E-state index contributed by atoms with van der Waals surface area (Å²) >= 11 is 0. The van der Waals surface area contributed by atoms with Crippen LogP contribution in [0.3, 0.4) is 0 Å². The number of anilines is 4. The van der Waals surface area contributed by atoms with Crippen molar-refractivity contribution in [2.45, 2.75) is 89.9 Å². The third kappa shape index (κ3) is 7.08. The minimum Gasteiger partial charge on any atom is -0.509 e. The summed E-state index contributed by atoms with van der Waals surface area (Å²) < 4.78 is 9.12. The van der Waals surface area contributed by atoms with E-state index < -0.39 is 0 Å². The first-order valence-electron chi connectivity index (χ1n) is 25.2. The van der Waals surface area contributed by atoms with Crippen molar-refractivity contribution in [2.75, 3.05) is 9.80 Å². The topological polar surface area (TPSA) is 33.5 Å². The van der Waals surface area contributed by atoms with Crippen molar-refractivity contribution in [3.63, 3.8) is 0 Å². The number of fused-ring (bicyclic) bond motifs is 5. The van der Waals surface area contributed by atoms with Gasteiger partial charge in [0.2, 0.25) is 0 Å². The molecule has 0 amide bonds. The van der Waals surface area contributed by atoms with Crippen LogP contribution in [0.2, 0.25) is 0 Å². The Morgan fingerprint density at radius 3 is 1.93 bits per heavy atom. The average molecular weight is 1100 g/mol. The normalized spacial score (nSPS) is 21.7. The molecule has 0 radical (unpaired) electrons. The summed E-state index contributed by atoms with van der Waals surface area (Å²) in [7, 11) is 0. The van der Waals surface area contributed by atoms with Gasteiger partial charge in [0.15, 0.2) is 0 Å². The van der Waals surface area contributed by atoms with E-state index in [1.807, 2.05) is 12.1 Å². The van der Waals surface area contributed by atoms with Crippen molar-refractivity contribution in [3.8, 4) is 17.3 Å². The number of hydrogen-bond donors (Lipinski definition) is 0. The summed E-state index contributed by atoms with van der Waals surface area (Å²) in [6.45, 7) is 16.1. The summed E-state index contributed by atoms with van der Waals surface area (Å²) in [6, 6.07) is 62.9. The van der Waals surface area contributed by atoms with E-state index in [1.54, 1.807) is 0 Å². The van der Waals surface area contributed by atoms with E-state index in [0.29, 0.717) is 23.3 Å². The van der Waals surface area contributed by atoms with Crippen LogP contribution in [-0.4, -0.2) is 9.55 Å². The summed E-state index contributed by atoms with van der Waals surface area (Å²) in [5.74, 6) is 5.06. The second-order valence-electron chi connectivity index (χ2n) is 22.6. The van der Waals surface area contributed by atoms with Gasteiger partial charge >= 0.3 is 0 Å². The minimum atomic E-state index is -0.0846. The van der Waals surface area contributed by atoms with Crippen molar-refractivity contribution >= 4 is 55.3 Å². The number of aromatic nitrogens is 2. The van der Waals surface area contributed by atoms with Crippen LogP contribution in [0.4, 0.5) is 22.7 Å². The van der Waals surface area contributed by atoms with E-state index in [4.69, 9.17) is 9.72 Å². The van der Waals surface area contributed by atoms with Crippen LogP contribution in [0, 0.1) is 42.5 Å². The Kier molecular flexibility index (Phi) is 10.8. The van der Waals surface area contributed by atoms with Gasteiger partial charge in [-0.25, -0.2) is 4.98 Å². The van der Waals surface area contributed by atoms with Crippen molar-refractivity contribution < 1.29 is 25.8 Å². The number of benzene rings is 7. The molecular weight excluding hydrogens is 1040 g/mol. The molecule has 0 spiro atoms. The molecule has 1 aliphatic heterocycles. The predicted octanol–water partition coefficient (Wildman–Crippen LogP) is 16.5. The number of pyridine rings is 1. The number of nitrogens with zero attached hydrogens (tertiary/aromatic N) is 4. The molecule has 0 atom stereocenters. The molecule has 0 unspecified atom stereocenters. The molecular formula is C64H59N4OPt-3. The van der Waals surface area contributed by atoms with E-state index in [-0.39, 0.29) is 37.3 Å². The maximum atomic E-state index is 6.80. The van der Waals surface area contributed by atoms with Gasteiger partial charge in [-0.05, 0) is 135 Å². The van der Waals surface area contributed by atoms with Crippen molar-refractivity contribution in [1.82, 2.24) is 9.55 Å². The van der Waals surface area contributed by atoms with Crippen LogP contribution in [0.1, 0.15) is 95.9 Å². The Morgan fingerprint density at radius 1 is 0.586 bits per heavy atom. The molecule has 4 saturated carbocycles. The zero-order chi connectivity index (χ0) is 46.8. The van der Waals surface area contributed by atoms with E-state index >= 15 is 0 Å². The van der Waals surface area contributed by atoms with Crippen LogP contribution in [0.25, 0.3) is 38.4 Å². The molecule has 5 nitrogen and oxygen atoms in total. The third-order valence-electron chi connectivity index (χ3n) is 16.4. The molecule has 9 aromatic rings. The molecule has 7 aromatic carbocycles. The van der Waals surface area contributed by atoms with Gasteiger partial charge in [-0.15, -0.1) is 48.1 Å². The van der Waals surface area contributed by atoms with Gasteiger partial charge in [0.25, 0.3) is 0 Å². The molecule has 3 heterocycles. The quantitative estimate of drug-likeness (QED) is 0.149. The predicted molar refractivity (Wildman–Crippen MR) is 283 cm³/mol. The van der Waals surface area contributed by atoms with Crippen LogP contribution in [-0.2, 0) is 37.3 Å². The van der Waals surface area contributed by atoms with Gasteiger partial charge in [-0.1, -0.05) is 138 Å². The van der Waals surface area contributed by atoms with Crippen LogP contribution >= 0.6 is 0 Å². The Labute approximate surface area is 427 Å². The van der Waals surface area contributed by atoms with Crippen LogP contribution < -0.4 is 14.5 Å². The van der Waals surface area contributed by atoms with Crippen molar-refractivity contribution in [2.24, 2.45) is 23.7 Å². The standard InChI is InChI=1S/C64H59N4O.Pt/c1-62(2,3)54-23-15-24-55(63(4,5)6)61(54)67-40-66(57-26-11-12-27-58(57)67)47-18-14-19-48(38-47)69-49-28-29-52-51-21-9-10-25-56(51)68(59(52)39-49)60-37-44(30-31-65-60)64(45-33-41-32-42(35-45)36-46(64)34-41)53-22-13-17-43-16-7-8-20-50(43)53;/h7-31,37,40-42,45-46H,32-36H2,1-6H3;/q-3;. The monoisotopic (exact) mass is 1090 g/mol. The maximum Gasteiger partial charge on any atom is 0.135 e. The summed E-state index contributed by atoms with van der Waals surface area (Å²) in [5, 5.41) is 5.01. The van der Waals surface area contributed by atoms with Gasteiger partial charge in [0.1, 0.15) is 5.82 Å². The molecule has 4 bridgehead atoms. The smallest absolute Gasteiger partial charge is 0.135 e. The first kappa shape index (κ1) is 45.0. The minimum absolute atomic E-state index is 0. The summed E-state index contributed by atoms with van der Waals surface area (Å²) in [4.78, 5) is 9.84. The Morgan fingerprint density at radius 2 is 1.20 bits per heavy atom. The fourth-order valence-corrected chi connectivity index (χ4v) is 13.8. The Hall–Kier alpha value is -6.16. The second kappa shape index (κ2) is 16.7. The molecule has 6 heteroatoms. The van der Waals surface area contributed by atoms with E-state index in [2.05, 4.69) is 220 Å². The van der Waals surface area contributed by atoms with Gasteiger partial charge in [-0.2, -0.15) is 12.1 Å².